The average molecular weight is 409 g/mol. The van der Waals surface area contributed by atoms with Gasteiger partial charge < -0.3 is 19.4 Å². The molecule has 1 aromatic heterocycles. The molecular weight excluding hydrogens is 376 g/mol. The van der Waals surface area contributed by atoms with E-state index < -0.39 is 0 Å². The van der Waals surface area contributed by atoms with Crippen molar-refractivity contribution in [3.8, 4) is 11.5 Å². The molecule has 0 unspecified atom stereocenters. The second kappa shape index (κ2) is 10.7. The predicted molar refractivity (Wildman–Crippen MR) is 121 cm³/mol. The number of rotatable bonds is 11. The van der Waals surface area contributed by atoms with Gasteiger partial charge in [0, 0.05) is 37.1 Å². The van der Waals surface area contributed by atoms with Crippen LogP contribution in [0, 0.1) is 0 Å². The molecule has 1 amide bonds. The quantitative estimate of drug-likeness (QED) is 0.502. The van der Waals surface area contributed by atoms with Crippen LogP contribution in [0.25, 0.3) is 10.9 Å². The highest BCUT2D eigenvalue weighted by molar-refractivity contribution is 5.84. The van der Waals surface area contributed by atoms with Crippen molar-refractivity contribution in [2.24, 2.45) is 7.05 Å². The maximum atomic E-state index is 12.2. The molecule has 5 nitrogen and oxygen atoms in total. The van der Waals surface area contributed by atoms with Crippen molar-refractivity contribution in [2.75, 3.05) is 19.8 Å². The van der Waals surface area contributed by atoms with Crippen molar-refractivity contribution >= 4 is 16.8 Å². The van der Waals surface area contributed by atoms with Gasteiger partial charge >= 0.3 is 0 Å². The van der Waals surface area contributed by atoms with E-state index in [4.69, 9.17) is 9.47 Å². The normalized spacial score (nSPS) is 10.9. The lowest BCUT2D eigenvalue weighted by atomic mass is 10.1. The van der Waals surface area contributed by atoms with Crippen LogP contribution in [0.5, 0.6) is 11.5 Å². The number of carbonyl (C=O) groups excluding carboxylic acids is 1. The standard InChI is InChI=1S/C25H32N2O3/c1-4-29-23-14-13-19(17-24(23)30-5-2)15-16-26-25(28)12-8-9-20-18-27(3)22-11-7-6-10-21(20)22/h6-7,10-11,13-14,17-18H,4-5,8-9,12,15-16H2,1-3H3,(H,26,28). The summed E-state index contributed by atoms with van der Waals surface area (Å²) in [6, 6.07) is 14.4. The zero-order valence-electron chi connectivity index (χ0n) is 18.2. The lowest BCUT2D eigenvalue weighted by Gasteiger charge is -2.12. The fraction of sp³-hybridized carbons (Fsp3) is 0.400. The molecule has 0 saturated carbocycles. The number of hydrogen-bond acceptors (Lipinski definition) is 3. The van der Waals surface area contributed by atoms with Gasteiger partial charge in [-0.05, 0) is 62.4 Å². The zero-order valence-corrected chi connectivity index (χ0v) is 18.2. The number of aromatic nitrogens is 1. The number of nitrogens with one attached hydrogen (secondary N) is 1. The molecule has 0 bridgehead atoms. The van der Waals surface area contributed by atoms with E-state index in [1.807, 2.05) is 32.0 Å². The fourth-order valence-corrected chi connectivity index (χ4v) is 3.75. The molecule has 1 N–H and O–H groups in total. The van der Waals surface area contributed by atoms with Crippen molar-refractivity contribution in [3.63, 3.8) is 0 Å². The van der Waals surface area contributed by atoms with E-state index in [0.29, 0.717) is 26.2 Å². The Morgan fingerprint density at radius 1 is 1.00 bits per heavy atom. The molecule has 160 valence electrons. The van der Waals surface area contributed by atoms with Crippen LogP contribution in [0.15, 0.2) is 48.7 Å². The Hall–Kier alpha value is -2.95. The van der Waals surface area contributed by atoms with Gasteiger partial charge in [0.2, 0.25) is 5.91 Å². The van der Waals surface area contributed by atoms with Crippen LogP contribution in [0.2, 0.25) is 0 Å². The smallest absolute Gasteiger partial charge is 0.220 e. The zero-order chi connectivity index (χ0) is 21.3. The van der Waals surface area contributed by atoms with Crippen molar-refractivity contribution in [3.05, 3.63) is 59.8 Å². The first-order valence-electron chi connectivity index (χ1n) is 10.8. The molecule has 0 atom stereocenters. The van der Waals surface area contributed by atoms with Gasteiger partial charge in [0.05, 0.1) is 13.2 Å². The Balaban J connectivity index is 1.44. The van der Waals surface area contributed by atoms with E-state index in [2.05, 4.69) is 47.4 Å². The van der Waals surface area contributed by atoms with E-state index >= 15 is 0 Å². The van der Waals surface area contributed by atoms with Gasteiger partial charge in [0.1, 0.15) is 0 Å². The summed E-state index contributed by atoms with van der Waals surface area (Å²) < 4.78 is 13.4. The molecule has 2 aromatic carbocycles. The number of ether oxygens (including phenoxy) is 2. The summed E-state index contributed by atoms with van der Waals surface area (Å²) in [5, 5.41) is 4.31. The van der Waals surface area contributed by atoms with E-state index in [0.717, 1.165) is 36.3 Å². The van der Waals surface area contributed by atoms with Gasteiger partial charge in [0.25, 0.3) is 0 Å². The minimum Gasteiger partial charge on any atom is -0.490 e. The maximum Gasteiger partial charge on any atom is 0.220 e. The number of fused-ring (bicyclic) bond motifs is 1. The van der Waals surface area contributed by atoms with Gasteiger partial charge in [-0.25, -0.2) is 0 Å². The number of aryl methyl sites for hydroxylation is 2. The summed E-state index contributed by atoms with van der Waals surface area (Å²) in [7, 11) is 2.07. The highest BCUT2D eigenvalue weighted by Crippen LogP contribution is 2.28. The molecule has 1 heterocycles. The number of hydrogen-bond donors (Lipinski definition) is 1. The van der Waals surface area contributed by atoms with E-state index in [1.54, 1.807) is 0 Å². The maximum absolute atomic E-state index is 12.2. The largest absolute Gasteiger partial charge is 0.490 e. The van der Waals surface area contributed by atoms with E-state index in [-0.39, 0.29) is 5.91 Å². The summed E-state index contributed by atoms with van der Waals surface area (Å²) in [6.45, 7) is 5.73. The average Bonchev–Trinajstić information content (AvgIpc) is 3.06. The van der Waals surface area contributed by atoms with Crippen molar-refractivity contribution in [1.29, 1.82) is 0 Å². The lowest BCUT2D eigenvalue weighted by Crippen LogP contribution is -2.25. The molecule has 0 fully saturated rings. The molecule has 30 heavy (non-hydrogen) atoms. The molecule has 0 radical (unpaired) electrons. The van der Waals surface area contributed by atoms with Crippen LogP contribution in [0.3, 0.4) is 0 Å². The van der Waals surface area contributed by atoms with Gasteiger partial charge in [-0.1, -0.05) is 24.3 Å². The Kier molecular flexibility index (Phi) is 7.77. The van der Waals surface area contributed by atoms with E-state index in [9.17, 15) is 4.79 Å². The summed E-state index contributed by atoms with van der Waals surface area (Å²) in [4.78, 5) is 12.2. The number of benzene rings is 2. The third-order valence-corrected chi connectivity index (χ3v) is 5.17. The third-order valence-electron chi connectivity index (χ3n) is 5.17. The highest BCUT2D eigenvalue weighted by Gasteiger charge is 2.09. The Labute approximate surface area is 179 Å². The number of amides is 1. The second-order valence-electron chi connectivity index (χ2n) is 7.38. The van der Waals surface area contributed by atoms with Crippen LogP contribution in [-0.4, -0.2) is 30.2 Å². The summed E-state index contributed by atoms with van der Waals surface area (Å²) >= 11 is 0. The fourth-order valence-electron chi connectivity index (χ4n) is 3.75. The first-order valence-corrected chi connectivity index (χ1v) is 10.8. The first-order chi connectivity index (χ1) is 14.6. The summed E-state index contributed by atoms with van der Waals surface area (Å²) in [5.41, 5.74) is 3.66. The van der Waals surface area contributed by atoms with Gasteiger partial charge in [-0.15, -0.1) is 0 Å². The minimum atomic E-state index is 0.103. The monoisotopic (exact) mass is 408 g/mol. The van der Waals surface area contributed by atoms with Crippen LogP contribution in [0.1, 0.15) is 37.8 Å². The number of nitrogens with zero attached hydrogens (tertiary/aromatic N) is 1. The SMILES string of the molecule is CCOc1ccc(CCNC(=O)CCCc2cn(C)c3ccccc23)cc1OCC. The van der Waals surface area contributed by atoms with Gasteiger partial charge in [-0.2, -0.15) is 0 Å². The number of carbonyl (C=O) groups is 1. The molecule has 0 aliphatic heterocycles. The Bertz CT molecular complexity index is 978. The first kappa shape index (κ1) is 21.8. The van der Waals surface area contributed by atoms with Crippen molar-refractivity contribution in [1.82, 2.24) is 9.88 Å². The summed E-state index contributed by atoms with van der Waals surface area (Å²) in [5.74, 6) is 1.63. The molecule has 0 aliphatic rings. The molecule has 0 saturated heterocycles. The van der Waals surface area contributed by atoms with Crippen molar-refractivity contribution < 1.29 is 14.3 Å². The van der Waals surface area contributed by atoms with Crippen LogP contribution < -0.4 is 14.8 Å². The lowest BCUT2D eigenvalue weighted by molar-refractivity contribution is -0.121. The molecule has 5 heteroatoms. The van der Waals surface area contributed by atoms with Crippen LogP contribution in [0.4, 0.5) is 0 Å². The van der Waals surface area contributed by atoms with Crippen LogP contribution >= 0.6 is 0 Å². The molecule has 0 spiro atoms. The number of para-hydroxylation sites is 1. The Morgan fingerprint density at radius 2 is 1.77 bits per heavy atom. The topological polar surface area (TPSA) is 52.5 Å². The van der Waals surface area contributed by atoms with E-state index in [1.165, 1.54) is 16.5 Å². The van der Waals surface area contributed by atoms with Gasteiger partial charge in [-0.3, -0.25) is 4.79 Å². The molecular formula is C25H32N2O3. The van der Waals surface area contributed by atoms with Crippen molar-refractivity contribution in [2.45, 2.75) is 39.5 Å². The highest BCUT2D eigenvalue weighted by atomic mass is 16.5. The molecule has 3 rings (SSSR count). The summed E-state index contributed by atoms with van der Waals surface area (Å²) in [6.07, 6.45) is 5.23. The second-order valence-corrected chi connectivity index (χ2v) is 7.38. The molecule has 0 aliphatic carbocycles. The minimum absolute atomic E-state index is 0.103. The molecule has 3 aromatic rings. The van der Waals surface area contributed by atoms with Gasteiger partial charge in [0.15, 0.2) is 11.5 Å². The van der Waals surface area contributed by atoms with Crippen LogP contribution in [-0.2, 0) is 24.7 Å². The Morgan fingerprint density at radius 3 is 2.57 bits per heavy atom. The third kappa shape index (κ3) is 5.56. The predicted octanol–water partition coefficient (Wildman–Crippen LogP) is 4.66.